The van der Waals surface area contributed by atoms with Gasteiger partial charge in [-0.25, -0.2) is 4.98 Å². The minimum atomic E-state index is 0.347. The van der Waals surface area contributed by atoms with E-state index in [4.69, 9.17) is 5.73 Å². The van der Waals surface area contributed by atoms with E-state index in [1.54, 1.807) is 6.20 Å². The third-order valence-corrected chi connectivity index (χ3v) is 4.03. The Balaban J connectivity index is 1.62. The highest BCUT2D eigenvalue weighted by Gasteiger charge is 2.19. The second kappa shape index (κ2) is 6.74. The van der Waals surface area contributed by atoms with Crippen molar-refractivity contribution in [2.75, 3.05) is 10.6 Å². The predicted octanol–water partition coefficient (Wildman–Crippen LogP) is 2.19. The number of aromatic amines is 1. The number of anilines is 3. The van der Waals surface area contributed by atoms with E-state index in [1.807, 2.05) is 12.1 Å². The number of aromatic nitrogens is 4. The van der Waals surface area contributed by atoms with Crippen molar-refractivity contribution in [3.8, 4) is 0 Å². The molecule has 1 aliphatic rings. The molecule has 5 N–H and O–H groups in total. The molecule has 0 saturated heterocycles. The van der Waals surface area contributed by atoms with Crippen molar-refractivity contribution < 1.29 is 0 Å². The Bertz CT molecular complexity index is 601. The molecule has 2 aromatic heterocycles. The average Bonchev–Trinajstić information content (AvgIpc) is 2.98. The lowest BCUT2D eigenvalue weighted by Gasteiger charge is -2.26. The standard InChI is InChI=1S/C15H23N7/c1-2-11-9-14(22-21-11)19-13-7-8-17-15(20-13)18-12-5-3-10(16)4-6-12/h7-10,12H,2-6,16H2,1H3,(H3,17,18,19,20,21,22). The van der Waals surface area contributed by atoms with Crippen molar-refractivity contribution >= 4 is 17.6 Å². The molecule has 0 atom stereocenters. The molecular weight excluding hydrogens is 278 g/mol. The van der Waals surface area contributed by atoms with Gasteiger partial charge in [-0.15, -0.1) is 0 Å². The number of hydrogen-bond donors (Lipinski definition) is 4. The van der Waals surface area contributed by atoms with Crippen molar-refractivity contribution in [3.63, 3.8) is 0 Å². The summed E-state index contributed by atoms with van der Waals surface area (Å²) in [6.07, 6.45) is 6.93. The van der Waals surface area contributed by atoms with Gasteiger partial charge in [0, 0.05) is 30.0 Å². The van der Waals surface area contributed by atoms with Crippen LogP contribution in [0.1, 0.15) is 38.3 Å². The Morgan fingerprint density at radius 1 is 1.27 bits per heavy atom. The van der Waals surface area contributed by atoms with E-state index < -0.39 is 0 Å². The van der Waals surface area contributed by atoms with Crippen molar-refractivity contribution in [3.05, 3.63) is 24.0 Å². The summed E-state index contributed by atoms with van der Waals surface area (Å²) in [5, 5.41) is 13.8. The molecule has 0 amide bonds. The lowest BCUT2D eigenvalue weighted by molar-refractivity contribution is 0.410. The van der Waals surface area contributed by atoms with Crippen molar-refractivity contribution in [1.82, 2.24) is 20.2 Å². The number of aryl methyl sites for hydroxylation is 1. The van der Waals surface area contributed by atoms with Gasteiger partial charge in [-0.2, -0.15) is 10.1 Å². The molecule has 1 aliphatic carbocycles. The van der Waals surface area contributed by atoms with Gasteiger partial charge in [-0.05, 0) is 38.2 Å². The van der Waals surface area contributed by atoms with Gasteiger partial charge in [0.15, 0.2) is 5.82 Å². The maximum atomic E-state index is 5.93. The Hall–Kier alpha value is -2.15. The number of nitrogens with zero attached hydrogens (tertiary/aromatic N) is 3. The third-order valence-electron chi connectivity index (χ3n) is 4.03. The minimum Gasteiger partial charge on any atom is -0.351 e. The maximum Gasteiger partial charge on any atom is 0.224 e. The molecule has 7 heteroatoms. The first-order valence-corrected chi connectivity index (χ1v) is 7.89. The van der Waals surface area contributed by atoms with Gasteiger partial charge in [-0.1, -0.05) is 6.92 Å². The van der Waals surface area contributed by atoms with Crippen molar-refractivity contribution in [1.29, 1.82) is 0 Å². The summed E-state index contributed by atoms with van der Waals surface area (Å²) < 4.78 is 0. The SMILES string of the molecule is CCc1cc(Nc2ccnc(NC3CCC(N)CC3)n2)n[nH]1. The fourth-order valence-corrected chi connectivity index (χ4v) is 2.68. The Kier molecular flexibility index (Phi) is 4.53. The number of nitrogens with one attached hydrogen (secondary N) is 3. The molecule has 22 heavy (non-hydrogen) atoms. The van der Waals surface area contributed by atoms with Crippen LogP contribution in [-0.2, 0) is 6.42 Å². The van der Waals surface area contributed by atoms with Crippen LogP contribution in [0.4, 0.5) is 17.6 Å². The Morgan fingerprint density at radius 2 is 2.09 bits per heavy atom. The summed E-state index contributed by atoms with van der Waals surface area (Å²) in [5.41, 5.74) is 7.03. The van der Waals surface area contributed by atoms with E-state index in [0.717, 1.165) is 49.4 Å². The molecule has 2 aromatic rings. The van der Waals surface area contributed by atoms with Gasteiger partial charge < -0.3 is 16.4 Å². The fraction of sp³-hybridized carbons (Fsp3) is 0.533. The van der Waals surface area contributed by atoms with E-state index >= 15 is 0 Å². The molecule has 0 aliphatic heterocycles. The summed E-state index contributed by atoms with van der Waals surface area (Å²) in [7, 11) is 0. The molecule has 0 unspecified atom stereocenters. The van der Waals surface area contributed by atoms with E-state index in [2.05, 4.69) is 37.7 Å². The minimum absolute atomic E-state index is 0.347. The number of nitrogens with two attached hydrogens (primary N) is 1. The third kappa shape index (κ3) is 3.73. The zero-order valence-electron chi connectivity index (χ0n) is 12.8. The molecule has 1 saturated carbocycles. The monoisotopic (exact) mass is 301 g/mol. The summed E-state index contributed by atoms with van der Waals surface area (Å²) in [6, 6.07) is 4.58. The lowest BCUT2D eigenvalue weighted by atomic mass is 9.92. The normalized spacial score (nSPS) is 21.5. The molecule has 118 valence electrons. The van der Waals surface area contributed by atoms with Crippen LogP contribution >= 0.6 is 0 Å². The summed E-state index contributed by atoms with van der Waals surface area (Å²) >= 11 is 0. The van der Waals surface area contributed by atoms with Crippen LogP contribution in [0.5, 0.6) is 0 Å². The predicted molar refractivity (Wildman–Crippen MR) is 87.1 cm³/mol. The first-order chi connectivity index (χ1) is 10.7. The summed E-state index contributed by atoms with van der Waals surface area (Å²) in [5.74, 6) is 2.15. The van der Waals surface area contributed by atoms with E-state index in [0.29, 0.717) is 18.0 Å². The fourth-order valence-electron chi connectivity index (χ4n) is 2.68. The molecule has 0 spiro atoms. The second-order valence-corrected chi connectivity index (χ2v) is 5.78. The zero-order valence-corrected chi connectivity index (χ0v) is 12.8. The van der Waals surface area contributed by atoms with Crippen LogP contribution in [0, 0.1) is 0 Å². The Morgan fingerprint density at radius 3 is 2.82 bits per heavy atom. The topological polar surface area (TPSA) is 105 Å². The Labute approximate surface area is 130 Å². The first kappa shape index (κ1) is 14.8. The van der Waals surface area contributed by atoms with Crippen LogP contribution in [0.15, 0.2) is 18.3 Å². The quantitative estimate of drug-likeness (QED) is 0.675. The van der Waals surface area contributed by atoms with Gasteiger partial charge >= 0.3 is 0 Å². The second-order valence-electron chi connectivity index (χ2n) is 5.78. The van der Waals surface area contributed by atoms with Gasteiger partial charge in [0.05, 0.1) is 0 Å². The van der Waals surface area contributed by atoms with Crippen LogP contribution in [0.25, 0.3) is 0 Å². The molecular formula is C15H23N7. The van der Waals surface area contributed by atoms with Gasteiger partial charge in [0.1, 0.15) is 5.82 Å². The molecule has 1 fully saturated rings. The van der Waals surface area contributed by atoms with Crippen LogP contribution in [0.2, 0.25) is 0 Å². The summed E-state index contributed by atoms with van der Waals surface area (Å²) in [6.45, 7) is 2.08. The molecule has 0 bridgehead atoms. The molecule has 0 aromatic carbocycles. The smallest absolute Gasteiger partial charge is 0.224 e. The molecule has 2 heterocycles. The van der Waals surface area contributed by atoms with E-state index in [9.17, 15) is 0 Å². The van der Waals surface area contributed by atoms with Gasteiger partial charge in [-0.3, -0.25) is 5.10 Å². The van der Waals surface area contributed by atoms with Crippen molar-refractivity contribution in [2.24, 2.45) is 5.73 Å². The largest absolute Gasteiger partial charge is 0.351 e. The lowest BCUT2D eigenvalue weighted by Crippen LogP contribution is -2.33. The van der Waals surface area contributed by atoms with Crippen LogP contribution in [0.3, 0.4) is 0 Å². The summed E-state index contributed by atoms with van der Waals surface area (Å²) in [4.78, 5) is 8.79. The number of hydrogen-bond acceptors (Lipinski definition) is 6. The molecule has 7 nitrogen and oxygen atoms in total. The van der Waals surface area contributed by atoms with E-state index in [1.165, 1.54) is 0 Å². The zero-order chi connectivity index (χ0) is 15.4. The highest BCUT2D eigenvalue weighted by Crippen LogP contribution is 2.20. The molecule has 3 rings (SSSR count). The van der Waals surface area contributed by atoms with Gasteiger partial charge in [0.25, 0.3) is 0 Å². The molecule has 0 radical (unpaired) electrons. The van der Waals surface area contributed by atoms with Gasteiger partial charge in [0.2, 0.25) is 5.95 Å². The highest BCUT2D eigenvalue weighted by molar-refractivity contribution is 5.53. The maximum absolute atomic E-state index is 5.93. The highest BCUT2D eigenvalue weighted by atomic mass is 15.2. The van der Waals surface area contributed by atoms with Crippen LogP contribution < -0.4 is 16.4 Å². The average molecular weight is 301 g/mol. The van der Waals surface area contributed by atoms with Crippen molar-refractivity contribution in [2.45, 2.75) is 51.1 Å². The first-order valence-electron chi connectivity index (χ1n) is 7.89. The van der Waals surface area contributed by atoms with E-state index in [-0.39, 0.29) is 0 Å². The number of H-pyrrole nitrogens is 1. The number of rotatable bonds is 5. The van der Waals surface area contributed by atoms with Crippen LogP contribution in [-0.4, -0.2) is 32.2 Å².